The Balaban J connectivity index is 2.10. The number of nitrogens with one attached hydrogen (secondary N) is 2. The molecule has 0 spiro atoms. The van der Waals surface area contributed by atoms with Crippen molar-refractivity contribution >= 4 is 17.3 Å². The number of hydrogen-bond donors (Lipinski definition) is 2. The molecule has 0 aliphatic heterocycles. The van der Waals surface area contributed by atoms with Gasteiger partial charge < -0.3 is 15.0 Å². The van der Waals surface area contributed by atoms with Crippen LogP contribution in [0, 0.1) is 0 Å². The normalized spacial score (nSPS) is 10.2. The molecule has 1 heterocycles. The maximum Gasteiger partial charge on any atom is 0.142 e. The Hall–Kier alpha value is -1.61. The van der Waals surface area contributed by atoms with Crippen LogP contribution in [-0.2, 0) is 6.54 Å². The average Bonchev–Trinajstić information content (AvgIpc) is 2.82. The lowest BCUT2D eigenvalue weighted by Gasteiger charge is -2.12. The van der Waals surface area contributed by atoms with Gasteiger partial charge in [-0.3, -0.25) is 0 Å². The molecule has 0 saturated carbocycles. The highest BCUT2D eigenvalue weighted by atomic mass is 35.5. The monoisotopic (exact) mass is 250 g/mol. The van der Waals surface area contributed by atoms with Gasteiger partial charge in [-0.25, -0.2) is 0 Å². The maximum atomic E-state index is 5.98. The second-order valence-corrected chi connectivity index (χ2v) is 4.08. The zero-order chi connectivity index (χ0) is 12.1. The molecule has 1 aromatic heterocycles. The SMILES string of the molecule is CCOc1ccc(Cl)cc1NCc1cc[nH]c1. The minimum atomic E-state index is 0.639. The summed E-state index contributed by atoms with van der Waals surface area (Å²) in [5.74, 6) is 0.826. The summed E-state index contributed by atoms with van der Waals surface area (Å²) in [5.41, 5.74) is 2.10. The quantitative estimate of drug-likeness (QED) is 0.849. The summed E-state index contributed by atoms with van der Waals surface area (Å²) < 4.78 is 5.53. The maximum absolute atomic E-state index is 5.98. The lowest BCUT2D eigenvalue weighted by atomic mass is 10.2. The summed E-state index contributed by atoms with van der Waals surface area (Å²) in [6.45, 7) is 3.34. The number of hydrogen-bond acceptors (Lipinski definition) is 2. The van der Waals surface area contributed by atoms with Gasteiger partial charge in [-0.05, 0) is 36.8 Å². The molecular weight excluding hydrogens is 236 g/mol. The molecule has 2 rings (SSSR count). The van der Waals surface area contributed by atoms with Gasteiger partial charge in [0.05, 0.1) is 12.3 Å². The molecule has 0 bridgehead atoms. The van der Waals surface area contributed by atoms with Crippen LogP contribution in [0.1, 0.15) is 12.5 Å². The highest BCUT2D eigenvalue weighted by Gasteiger charge is 2.04. The number of aromatic nitrogens is 1. The van der Waals surface area contributed by atoms with Gasteiger partial charge in [-0.15, -0.1) is 0 Å². The predicted molar refractivity (Wildman–Crippen MR) is 70.7 cm³/mol. The van der Waals surface area contributed by atoms with Crippen molar-refractivity contribution in [2.75, 3.05) is 11.9 Å². The van der Waals surface area contributed by atoms with Gasteiger partial charge in [-0.1, -0.05) is 11.6 Å². The van der Waals surface area contributed by atoms with Gasteiger partial charge >= 0.3 is 0 Å². The van der Waals surface area contributed by atoms with Crippen LogP contribution in [0.25, 0.3) is 0 Å². The molecule has 0 atom stereocenters. The molecular formula is C13H15ClN2O. The fraction of sp³-hybridized carbons (Fsp3) is 0.231. The van der Waals surface area contributed by atoms with E-state index in [1.54, 1.807) is 0 Å². The molecule has 2 aromatic rings. The molecule has 1 aromatic carbocycles. The van der Waals surface area contributed by atoms with Gasteiger partial charge in [0.1, 0.15) is 5.75 Å². The topological polar surface area (TPSA) is 37.0 Å². The van der Waals surface area contributed by atoms with E-state index in [4.69, 9.17) is 16.3 Å². The minimum Gasteiger partial charge on any atom is -0.492 e. The van der Waals surface area contributed by atoms with Gasteiger partial charge in [0.25, 0.3) is 0 Å². The Kier molecular flexibility index (Phi) is 3.94. The molecule has 0 radical (unpaired) electrons. The molecule has 0 aliphatic rings. The Bertz CT molecular complexity index is 468. The van der Waals surface area contributed by atoms with Crippen LogP contribution in [0.4, 0.5) is 5.69 Å². The summed E-state index contributed by atoms with van der Waals surface area (Å²) in [4.78, 5) is 3.02. The van der Waals surface area contributed by atoms with E-state index in [2.05, 4.69) is 10.3 Å². The Morgan fingerprint density at radius 3 is 2.94 bits per heavy atom. The van der Waals surface area contributed by atoms with Gasteiger partial charge in [0, 0.05) is 24.0 Å². The van der Waals surface area contributed by atoms with Crippen molar-refractivity contribution in [2.45, 2.75) is 13.5 Å². The third-order valence-electron chi connectivity index (χ3n) is 2.39. The molecule has 4 heteroatoms. The molecule has 2 N–H and O–H groups in total. The van der Waals surface area contributed by atoms with Crippen LogP contribution in [0.5, 0.6) is 5.75 Å². The Labute approximate surface area is 106 Å². The first-order chi connectivity index (χ1) is 8.29. The minimum absolute atomic E-state index is 0.639. The number of H-pyrrole nitrogens is 1. The van der Waals surface area contributed by atoms with Crippen LogP contribution < -0.4 is 10.1 Å². The number of aromatic amines is 1. The van der Waals surface area contributed by atoms with Crippen molar-refractivity contribution < 1.29 is 4.74 Å². The van der Waals surface area contributed by atoms with E-state index in [9.17, 15) is 0 Å². The van der Waals surface area contributed by atoms with E-state index in [0.29, 0.717) is 11.6 Å². The summed E-state index contributed by atoms with van der Waals surface area (Å²) in [6.07, 6.45) is 3.86. The standard InChI is InChI=1S/C13H15ClN2O/c1-2-17-13-4-3-11(14)7-12(13)16-9-10-5-6-15-8-10/h3-8,15-16H,2,9H2,1H3. The molecule has 3 nitrogen and oxygen atoms in total. The van der Waals surface area contributed by atoms with Crippen LogP contribution >= 0.6 is 11.6 Å². The van der Waals surface area contributed by atoms with Gasteiger partial charge in [-0.2, -0.15) is 0 Å². The Morgan fingerprint density at radius 2 is 2.24 bits per heavy atom. The second-order valence-electron chi connectivity index (χ2n) is 3.65. The lowest BCUT2D eigenvalue weighted by Crippen LogP contribution is -2.02. The number of halogens is 1. The second kappa shape index (κ2) is 5.64. The van der Waals surface area contributed by atoms with E-state index < -0.39 is 0 Å². The van der Waals surface area contributed by atoms with E-state index >= 15 is 0 Å². The molecule has 17 heavy (non-hydrogen) atoms. The first kappa shape index (κ1) is 11.9. The van der Waals surface area contributed by atoms with Crippen molar-refractivity contribution in [1.29, 1.82) is 0 Å². The van der Waals surface area contributed by atoms with E-state index in [-0.39, 0.29) is 0 Å². The highest BCUT2D eigenvalue weighted by molar-refractivity contribution is 6.30. The van der Waals surface area contributed by atoms with E-state index in [0.717, 1.165) is 18.0 Å². The van der Waals surface area contributed by atoms with Crippen molar-refractivity contribution in [3.05, 3.63) is 47.2 Å². The molecule has 0 aliphatic carbocycles. The largest absolute Gasteiger partial charge is 0.492 e. The summed E-state index contributed by atoms with van der Waals surface area (Å²) in [6, 6.07) is 7.61. The van der Waals surface area contributed by atoms with Crippen molar-refractivity contribution in [3.8, 4) is 5.75 Å². The van der Waals surface area contributed by atoms with Crippen LogP contribution in [0.3, 0.4) is 0 Å². The van der Waals surface area contributed by atoms with Crippen LogP contribution in [0.15, 0.2) is 36.7 Å². The van der Waals surface area contributed by atoms with Crippen molar-refractivity contribution in [3.63, 3.8) is 0 Å². The first-order valence-corrected chi connectivity index (χ1v) is 5.95. The zero-order valence-electron chi connectivity index (χ0n) is 9.66. The van der Waals surface area contributed by atoms with Crippen LogP contribution in [0.2, 0.25) is 5.02 Å². The summed E-state index contributed by atoms with van der Waals surface area (Å²) in [5, 5.41) is 4.01. The van der Waals surface area contributed by atoms with Crippen LogP contribution in [-0.4, -0.2) is 11.6 Å². The van der Waals surface area contributed by atoms with Crippen molar-refractivity contribution in [1.82, 2.24) is 4.98 Å². The number of anilines is 1. The zero-order valence-corrected chi connectivity index (χ0v) is 10.4. The smallest absolute Gasteiger partial charge is 0.142 e. The van der Waals surface area contributed by atoms with E-state index in [1.165, 1.54) is 5.56 Å². The number of benzene rings is 1. The van der Waals surface area contributed by atoms with Crippen molar-refractivity contribution in [2.24, 2.45) is 0 Å². The molecule has 0 fully saturated rings. The molecule has 0 saturated heterocycles. The third-order valence-corrected chi connectivity index (χ3v) is 2.62. The fourth-order valence-electron chi connectivity index (χ4n) is 1.59. The third kappa shape index (κ3) is 3.17. The van der Waals surface area contributed by atoms with E-state index in [1.807, 2.05) is 43.6 Å². The summed E-state index contributed by atoms with van der Waals surface area (Å²) >= 11 is 5.98. The number of ether oxygens (including phenoxy) is 1. The first-order valence-electron chi connectivity index (χ1n) is 5.57. The highest BCUT2D eigenvalue weighted by Crippen LogP contribution is 2.28. The fourth-order valence-corrected chi connectivity index (χ4v) is 1.76. The van der Waals surface area contributed by atoms with Gasteiger partial charge in [0.15, 0.2) is 0 Å². The van der Waals surface area contributed by atoms with Gasteiger partial charge in [0.2, 0.25) is 0 Å². The number of rotatable bonds is 5. The average molecular weight is 251 g/mol. The predicted octanol–water partition coefficient (Wildman–Crippen LogP) is 3.68. The molecule has 0 amide bonds. The summed E-state index contributed by atoms with van der Waals surface area (Å²) in [7, 11) is 0. The lowest BCUT2D eigenvalue weighted by molar-refractivity contribution is 0.341. The molecule has 0 unspecified atom stereocenters. The Morgan fingerprint density at radius 1 is 1.35 bits per heavy atom. The molecule has 90 valence electrons.